The average molecular weight is 343 g/mol. The van der Waals surface area contributed by atoms with Crippen molar-refractivity contribution in [2.45, 2.75) is 4.90 Å². The third kappa shape index (κ3) is 4.75. The van der Waals surface area contributed by atoms with Gasteiger partial charge in [0.25, 0.3) is 0 Å². The van der Waals surface area contributed by atoms with Gasteiger partial charge in [0.05, 0.1) is 21.2 Å². The van der Waals surface area contributed by atoms with Gasteiger partial charge in [-0.05, 0) is 12.1 Å². The highest BCUT2D eigenvalue weighted by molar-refractivity contribution is 8.03. The molecule has 1 aromatic rings. The molecule has 0 aliphatic carbocycles. The van der Waals surface area contributed by atoms with E-state index in [0.29, 0.717) is 4.91 Å². The van der Waals surface area contributed by atoms with E-state index in [-0.39, 0.29) is 14.6 Å². The molecule has 0 bridgehead atoms. The molecule has 0 atom stereocenters. The third-order valence-corrected chi connectivity index (χ3v) is 4.31. The minimum Gasteiger partial charge on any atom is -0.411 e. The average Bonchev–Trinajstić information content (AvgIpc) is 2.36. The van der Waals surface area contributed by atoms with Crippen LogP contribution in [0.5, 0.6) is 0 Å². The Kier molecular flexibility index (Phi) is 6.97. The van der Waals surface area contributed by atoms with Gasteiger partial charge >= 0.3 is 0 Å². The smallest absolute Gasteiger partial charge is 0.126 e. The molecule has 1 aromatic carbocycles. The minimum absolute atomic E-state index is 0.0945. The van der Waals surface area contributed by atoms with Crippen molar-refractivity contribution in [2.75, 3.05) is 0 Å². The van der Waals surface area contributed by atoms with E-state index in [0.717, 1.165) is 11.1 Å². The standard InChI is InChI=1S/C11H7Cl4NOS/c12-8(6-16-17)10(9(13)11(14)15)18-7-4-2-1-3-5-7/h1-6,17H/b10-8-,16-6-. The zero-order valence-corrected chi connectivity index (χ0v) is 12.6. The predicted molar refractivity (Wildman–Crippen MR) is 80.0 cm³/mol. The van der Waals surface area contributed by atoms with Gasteiger partial charge in [0.15, 0.2) is 0 Å². The van der Waals surface area contributed by atoms with Gasteiger partial charge in [-0.25, -0.2) is 0 Å². The first-order chi connectivity index (χ1) is 8.56. The molecule has 0 aliphatic heterocycles. The highest BCUT2D eigenvalue weighted by Gasteiger charge is 2.13. The van der Waals surface area contributed by atoms with Gasteiger partial charge < -0.3 is 5.21 Å². The lowest BCUT2D eigenvalue weighted by atomic mass is 10.4. The third-order valence-electron chi connectivity index (χ3n) is 1.72. The van der Waals surface area contributed by atoms with Crippen LogP contribution in [0, 0.1) is 0 Å². The van der Waals surface area contributed by atoms with Gasteiger partial charge in [-0.15, -0.1) is 0 Å². The number of nitrogens with zero attached hydrogens (tertiary/aromatic N) is 1. The first kappa shape index (κ1) is 15.7. The molecule has 0 fully saturated rings. The largest absolute Gasteiger partial charge is 0.411 e. The van der Waals surface area contributed by atoms with Crippen LogP contribution in [0.2, 0.25) is 0 Å². The zero-order chi connectivity index (χ0) is 13.5. The normalized spacial score (nSPS) is 12.4. The fourth-order valence-electron chi connectivity index (χ4n) is 1.000. The van der Waals surface area contributed by atoms with Gasteiger partial charge in [0, 0.05) is 4.90 Å². The Balaban J connectivity index is 3.16. The Morgan fingerprint density at radius 3 is 2.22 bits per heavy atom. The summed E-state index contributed by atoms with van der Waals surface area (Å²) in [6, 6.07) is 9.37. The number of allylic oxidation sites excluding steroid dienone is 2. The number of rotatable bonds is 4. The Bertz CT molecular complexity index is 495. The molecule has 96 valence electrons. The summed E-state index contributed by atoms with van der Waals surface area (Å²) in [5.41, 5.74) is 0. The maximum atomic E-state index is 8.49. The molecular formula is C11H7Cl4NOS. The van der Waals surface area contributed by atoms with Crippen LogP contribution in [0.15, 0.2) is 59.8 Å². The highest BCUT2D eigenvalue weighted by Crippen LogP contribution is 2.39. The van der Waals surface area contributed by atoms with Crippen molar-refractivity contribution in [3.63, 3.8) is 0 Å². The van der Waals surface area contributed by atoms with Gasteiger partial charge in [-0.1, -0.05) is 81.5 Å². The molecule has 7 heteroatoms. The van der Waals surface area contributed by atoms with Crippen LogP contribution in [0.1, 0.15) is 0 Å². The quantitative estimate of drug-likeness (QED) is 0.255. The maximum Gasteiger partial charge on any atom is 0.126 e. The van der Waals surface area contributed by atoms with Crippen molar-refractivity contribution < 1.29 is 5.21 Å². The summed E-state index contributed by atoms with van der Waals surface area (Å²) in [7, 11) is 0. The Labute approximate surface area is 129 Å². The molecule has 1 N–H and O–H groups in total. The SMILES string of the molecule is O/N=C\C(Cl)=C(\Sc1ccccc1)C(Cl)=C(Cl)Cl. The fourth-order valence-corrected chi connectivity index (χ4v) is 2.69. The number of thioether (sulfide) groups is 1. The number of hydrogen-bond acceptors (Lipinski definition) is 3. The Morgan fingerprint density at radius 2 is 1.72 bits per heavy atom. The van der Waals surface area contributed by atoms with Gasteiger partial charge in [-0.2, -0.15) is 0 Å². The molecule has 0 amide bonds. The van der Waals surface area contributed by atoms with Crippen molar-refractivity contribution in [2.24, 2.45) is 5.16 Å². The van der Waals surface area contributed by atoms with E-state index < -0.39 is 0 Å². The number of benzene rings is 1. The molecular weight excluding hydrogens is 336 g/mol. The number of halogens is 4. The fraction of sp³-hybridized carbons (Fsp3) is 0. The van der Waals surface area contributed by atoms with Gasteiger partial charge in [0.2, 0.25) is 0 Å². The second kappa shape index (κ2) is 7.97. The highest BCUT2D eigenvalue weighted by atomic mass is 35.5. The van der Waals surface area contributed by atoms with Crippen molar-refractivity contribution in [3.8, 4) is 0 Å². The lowest BCUT2D eigenvalue weighted by Gasteiger charge is -2.07. The summed E-state index contributed by atoms with van der Waals surface area (Å²) in [4.78, 5) is 1.30. The predicted octanol–water partition coefficient (Wildman–Crippen LogP) is 5.57. The van der Waals surface area contributed by atoms with Crippen LogP contribution in [-0.4, -0.2) is 11.4 Å². The summed E-state index contributed by atoms with van der Waals surface area (Å²) < 4.78 is -0.111. The van der Waals surface area contributed by atoms with Crippen molar-refractivity contribution >= 4 is 64.4 Å². The van der Waals surface area contributed by atoms with Crippen molar-refractivity contribution in [1.82, 2.24) is 0 Å². The van der Waals surface area contributed by atoms with Crippen LogP contribution in [0.25, 0.3) is 0 Å². The second-order valence-corrected chi connectivity index (χ2v) is 5.73. The minimum atomic E-state index is -0.111. The first-order valence-electron chi connectivity index (χ1n) is 4.57. The van der Waals surface area contributed by atoms with Crippen LogP contribution < -0.4 is 0 Å². The molecule has 0 radical (unpaired) electrons. The van der Waals surface area contributed by atoms with E-state index >= 15 is 0 Å². The molecule has 0 saturated carbocycles. The van der Waals surface area contributed by atoms with Crippen LogP contribution in [-0.2, 0) is 0 Å². The molecule has 0 spiro atoms. The lowest BCUT2D eigenvalue weighted by molar-refractivity contribution is 0.322. The van der Waals surface area contributed by atoms with E-state index in [1.807, 2.05) is 30.3 Å². The van der Waals surface area contributed by atoms with E-state index in [1.165, 1.54) is 11.8 Å². The summed E-state index contributed by atoms with van der Waals surface area (Å²) in [6.07, 6.45) is 1.05. The van der Waals surface area contributed by atoms with E-state index in [4.69, 9.17) is 51.6 Å². The summed E-state index contributed by atoms with van der Waals surface area (Å²) in [5.74, 6) is 0. The molecule has 0 saturated heterocycles. The molecule has 0 aliphatic rings. The summed E-state index contributed by atoms with van der Waals surface area (Å²) in [5, 5.41) is 11.6. The summed E-state index contributed by atoms with van der Waals surface area (Å²) >= 11 is 24.4. The van der Waals surface area contributed by atoms with Crippen LogP contribution >= 0.6 is 58.2 Å². The summed E-state index contributed by atoms with van der Waals surface area (Å²) in [6.45, 7) is 0. The molecule has 0 unspecified atom stereocenters. The number of oxime groups is 1. The molecule has 2 nitrogen and oxygen atoms in total. The van der Waals surface area contributed by atoms with Gasteiger partial charge in [-0.3, -0.25) is 0 Å². The Hall–Kier alpha value is -0.320. The molecule has 0 aromatic heterocycles. The van der Waals surface area contributed by atoms with E-state index in [9.17, 15) is 0 Å². The van der Waals surface area contributed by atoms with E-state index in [1.54, 1.807) is 0 Å². The lowest BCUT2D eigenvalue weighted by Crippen LogP contribution is -1.87. The maximum absolute atomic E-state index is 8.49. The molecule has 1 rings (SSSR count). The van der Waals surface area contributed by atoms with Crippen molar-refractivity contribution in [1.29, 1.82) is 0 Å². The van der Waals surface area contributed by atoms with E-state index in [2.05, 4.69) is 5.16 Å². The second-order valence-electron chi connectivity index (χ2n) is 2.91. The van der Waals surface area contributed by atoms with Crippen LogP contribution in [0.4, 0.5) is 0 Å². The Morgan fingerprint density at radius 1 is 1.11 bits per heavy atom. The zero-order valence-electron chi connectivity index (χ0n) is 8.78. The monoisotopic (exact) mass is 341 g/mol. The van der Waals surface area contributed by atoms with Gasteiger partial charge in [0.1, 0.15) is 4.49 Å². The topological polar surface area (TPSA) is 32.6 Å². The molecule has 0 heterocycles. The number of hydrogen-bond donors (Lipinski definition) is 1. The van der Waals surface area contributed by atoms with Crippen LogP contribution in [0.3, 0.4) is 0 Å². The van der Waals surface area contributed by atoms with Crippen molar-refractivity contribution in [3.05, 3.63) is 49.8 Å². The first-order valence-corrected chi connectivity index (χ1v) is 6.90. The molecule has 18 heavy (non-hydrogen) atoms.